The number of nitrogens with zero attached hydrogens (tertiary/aromatic N) is 1. The lowest BCUT2D eigenvalue weighted by molar-refractivity contribution is 0.179. The maximum atomic E-state index is 12.0. The lowest BCUT2D eigenvalue weighted by atomic mass is 9.99. The highest BCUT2D eigenvalue weighted by molar-refractivity contribution is 5.74. The molecule has 2 aliphatic heterocycles. The molecule has 2 saturated heterocycles. The maximum absolute atomic E-state index is 12.0. The molecule has 0 radical (unpaired) electrons. The Morgan fingerprint density at radius 2 is 2.05 bits per heavy atom. The summed E-state index contributed by atoms with van der Waals surface area (Å²) in [6, 6.07) is 10.5. The summed E-state index contributed by atoms with van der Waals surface area (Å²) in [6.07, 6.45) is 4.85. The molecule has 22 heavy (non-hydrogen) atoms. The first-order valence-corrected chi connectivity index (χ1v) is 8.15. The van der Waals surface area contributed by atoms with Gasteiger partial charge in [0.2, 0.25) is 0 Å². The summed E-state index contributed by atoms with van der Waals surface area (Å²) in [5.74, 6) is 6.02. The minimum absolute atomic E-state index is 0.0974. The van der Waals surface area contributed by atoms with Crippen LogP contribution in [0.5, 0.6) is 0 Å². The summed E-state index contributed by atoms with van der Waals surface area (Å²) in [4.78, 5) is 14.5. The van der Waals surface area contributed by atoms with E-state index in [0.717, 1.165) is 18.5 Å². The highest BCUT2D eigenvalue weighted by Crippen LogP contribution is 2.26. The van der Waals surface area contributed by atoms with Gasteiger partial charge in [0.05, 0.1) is 6.54 Å². The van der Waals surface area contributed by atoms with Crippen molar-refractivity contribution in [1.82, 2.24) is 15.5 Å². The van der Waals surface area contributed by atoms with Gasteiger partial charge in [-0.2, -0.15) is 0 Å². The highest BCUT2D eigenvalue weighted by atomic mass is 16.2. The Kier molecular flexibility index (Phi) is 4.97. The predicted molar refractivity (Wildman–Crippen MR) is 87.5 cm³/mol. The molecule has 0 unspecified atom stereocenters. The molecular formula is C18H23N3O. The molecule has 2 fully saturated rings. The molecule has 2 amide bonds. The first-order chi connectivity index (χ1) is 10.8. The van der Waals surface area contributed by atoms with Gasteiger partial charge in [-0.15, -0.1) is 0 Å². The van der Waals surface area contributed by atoms with Crippen molar-refractivity contribution in [2.24, 2.45) is 0 Å². The number of carbonyl (C=O) groups is 1. The molecule has 2 atom stereocenters. The van der Waals surface area contributed by atoms with Crippen LogP contribution >= 0.6 is 0 Å². The van der Waals surface area contributed by atoms with Crippen LogP contribution in [0.4, 0.5) is 4.79 Å². The molecule has 0 aliphatic carbocycles. The number of amides is 2. The van der Waals surface area contributed by atoms with E-state index < -0.39 is 0 Å². The van der Waals surface area contributed by atoms with Crippen LogP contribution in [0.25, 0.3) is 0 Å². The molecule has 2 heterocycles. The van der Waals surface area contributed by atoms with Gasteiger partial charge in [-0.3, -0.25) is 4.90 Å². The molecule has 1 aromatic rings. The van der Waals surface area contributed by atoms with E-state index in [9.17, 15) is 4.79 Å². The lowest BCUT2D eigenvalue weighted by Gasteiger charge is -2.32. The van der Waals surface area contributed by atoms with Crippen LogP contribution in [0.15, 0.2) is 30.3 Å². The molecule has 2 aliphatic rings. The molecule has 1 aromatic carbocycles. The number of nitrogens with one attached hydrogen (secondary N) is 2. The lowest BCUT2D eigenvalue weighted by Crippen LogP contribution is -2.49. The quantitative estimate of drug-likeness (QED) is 0.820. The minimum Gasteiger partial charge on any atom is -0.334 e. The van der Waals surface area contributed by atoms with Crippen LogP contribution in [0.1, 0.15) is 31.2 Å². The Morgan fingerprint density at radius 3 is 2.91 bits per heavy atom. The average molecular weight is 297 g/mol. The summed E-state index contributed by atoms with van der Waals surface area (Å²) in [7, 11) is 0. The fourth-order valence-corrected chi connectivity index (χ4v) is 3.43. The van der Waals surface area contributed by atoms with Crippen LogP contribution < -0.4 is 10.6 Å². The van der Waals surface area contributed by atoms with E-state index in [2.05, 4.69) is 27.4 Å². The van der Waals surface area contributed by atoms with Gasteiger partial charge >= 0.3 is 6.03 Å². The summed E-state index contributed by atoms with van der Waals surface area (Å²) >= 11 is 0. The molecule has 0 bridgehead atoms. The number of hydrogen-bond acceptors (Lipinski definition) is 2. The third kappa shape index (κ3) is 3.80. The van der Waals surface area contributed by atoms with Gasteiger partial charge in [-0.05, 0) is 37.9 Å². The van der Waals surface area contributed by atoms with E-state index in [0.29, 0.717) is 18.6 Å². The Bertz CT molecular complexity index is 561. The molecule has 2 N–H and O–H groups in total. The van der Waals surface area contributed by atoms with Crippen molar-refractivity contribution in [3.05, 3.63) is 35.9 Å². The van der Waals surface area contributed by atoms with Crippen LogP contribution in [0.2, 0.25) is 0 Å². The first kappa shape index (κ1) is 14.9. The minimum atomic E-state index is -0.0974. The Balaban J connectivity index is 1.42. The van der Waals surface area contributed by atoms with Gasteiger partial charge in [0.1, 0.15) is 0 Å². The van der Waals surface area contributed by atoms with E-state index in [1.807, 2.05) is 30.3 Å². The number of hydrogen-bond donors (Lipinski definition) is 2. The SMILES string of the molecule is O=C(NCC#Cc1ccccc1)N[C@@H]1CCN2CCCC[C@@H]12. The van der Waals surface area contributed by atoms with Crippen LogP contribution in [-0.4, -0.2) is 42.6 Å². The molecule has 4 nitrogen and oxygen atoms in total. The fraction of sp³-hybridized carbons (Fsp3) is 0.500. The summed E-state index contributed by atoms with van der Waals surface area (Å²) in [5.41, 5.74) is 0.971. The molecular weight excluding hydrogens is 274 g/mol. The largest absolute Gasteiger partial charge is 0.334 e. The predicted octanol–water partition coefficient (Wildman–Crippen LogP) is 1.96. The van der Waals surface area contributed by atoms with Crippen molar-refractivity contribution in [2.45, 2.75) is 37.8 Å². The molecule has 0 aromatic heterocycles. The molecule has 3 rings (SSSR count). The van der Waals surface area contributed by atoms with E-state index >= 15 is 0 Å². The number of rotatable bonds is 2. The second-order valence-corrected chi connectivity index (χ2v) is 5.99. The van der Waals surface area contributed by atoms with Crippen molar-refractivity contribution in [1.29, 1.82) is 0 Å². The number of carbonyl (C=O) groups excluding carboxylic acids is 1. The molecule has 0 spiro atoms. The van der Waals surface area contributed by atoms with E-state index in [-0.39, 0.29) is 6.03 Å². The van der Waals surface area contributed by atoms with Crippen molar-refractivity contribution in [3.63, 3.8) is 0 Å². The van der Waals surface area contributed by atoms with E-state index in [1.165, 1.54) is 25.8 Å². The summed E-state index contributed by atoms with van der Waals surface area (Å²) in [5, 5.41) is 5.95. The molecule has 0 saturated carbocycles. The van der Waals surface area contributed by atoms with E-state index in [4.69, 9.17) is 0 Å². The third-order valence-electron chi connectivity index (χ3n) is 4.52. The monoisotopic (exact) mass is 297 g/mol. The van der Waals surface area contributed by atoms with Crippen molar-refractivity contribution >= 4 is 6.03 Å². The van der Waals surface area contributed by atoms with Crippen LogP contribution in [0, 0.1) is 11.8 Å². The van der Waals surface area contributed by atoms with Gasteiger partial charge in [-0.25, -0.2) is 4.79 Å². The number of urea groups is 1. The second kappa shape index (κ2) is 7.33. The normalized spacial score (nSPS) is 24.0. The van der Waals surface area contributed by atoms with Gasteiger partial charge in [0.25, 0.3) is 0 Å². The zero-order chi connectivity index (χ0) is 15.2. The van der Waals surface area contributed by atoms with Crippen LogP contribution in [-0.2, 0) is 0 Å². The fourth-order valence-electron chi connectivity index (χ4n) is 3.43. The standard InChI is InChI=1S/C18H23N3O/c22-18(19-12-6-9-15-7-2-1-3-8-15)20-16-11-14-21-13-5-4-10-17(16)21/h1-3,7-8,16-17H,4-5,10-14H2,(H2,19,20,22)/t16-,17+/m1/s1. The number of fused-ring (bicyclic) bond motifs is 1. The van der Waals surface area contributed by atoms with Gasteiger partial charge in [-0.1, -0.05) is 36.5 Å². The van der Waals surface area contributed by atoms with Crippen molar-refractivity contribution in [3.8, 4) is 11.8 Å². The molecule has 4 heteroatoms. The smallest absolute Gasteiger partial charge is 0.315 e. The van der Waals surface area contributed by atoms with Gasteiger partial charge < -0.3 is 10.6 Å². The van der Waals surface area contributed by atoms with Crippen LogP contribution in [0.3, 0.4) is 0 Å². The van der Waals surface area contributed by atoms with E-state index in [1.54, 1.807) is 0 Å². The van der Waals surface area contributed by atoms with Crippen molar-refractivity contribution < 1.29 is 4.79 Å². The Morgan fingerprint density at radius 1 is 1.18 bits per heavy atom. The number of piperidine rings is 1. The third-order valence-corrected chi connectivity index (χ3v) is 4.52. The van der Waals surface area contributed by atoms with Crippen molar-refractivity contribution in [2.75, 3.05) is 19.6 Å². The topological polar surface area (TPSA) is 44.4 Å². The Hall–Kier alpha value is -1.99. The zero-order valence-electron chi connectivity index (χ0n) is 12.8. The Labute approximate surface area is 132 Å². The molecule has 116 valence electrons. The number of benzene rings is 1. The van der Waals surface area contributed by atoms with Gasteiger partial charge in [0, 0.05) is 24.2 Å². The highest BCUT2D eigenvalue weighted by Gasteiger charge is 2.36. The maximum Gasteiger partial charge on any atom is 0.315 e. The average Bonchev–Trinajstić information content (AvgIpc) is 2.96. The summed E-state index contributed by atoms with van der Waals surface area (Å²) < 4.78 is 0. The van der Waals surface area contributed by atoms with Gasteiger partial charge in [0.15, 0.2) is 0 Å². The first-order valence-electron chi connectivity index (χ1n) is 8.15. The summed E-state index contributed by atoms with van der Waals surface area (Å²) in [6.45, 7) is 2.68. The second-order valence-electron chi connectivity index (χ2n) is 5.99. The zero-order valence-corrected chi connectivity index (χ0v) is 12.8.